The van der Waals surface area contributed by atoms with Crippen LogP contribution in [0.3, 0.4) is 0 Å². The van der Waals surface area contributed by atoms with Gasteiger partial charge in [-0.25, -0.2) is 4.98 Å². The van der Waals surface area contributed by atoms with E-state index in [4.69, 9.17) is 15.6 Å². The predicted octanol–water partition coefficient (Wildman–Crippen LogP) is 5.13. The number of aromatic nitrogens is 2. The largest absolute Gasteiger partial charge is 0.495 e. The minimum atomic E-state index is 0.144. The van der Waals surface area contributed by atoms with Gasteiger partial charge < -0.3 is 19.9 Å². The number of ether oxygens (including phenoxy) is 1. The first-order valence-corrected chi connectivity index (χ1v) is 14.2. The molecule has 1 amide bonds. The van der Waals surface area contributed by atoms with Crippen molar-refractivity contribution in [1.82, 2.24) is 19.5 Å². The number of amidine groups is 1. The third-order valence-electron chi connectivity index (χ3n) is 8.35. The molecule has 2 aliphatic heterocycles. The van der Waals surface area contributed by atoms with E-state index in [0.29, 0.717) is 23.7 Å². The summed E-state index contributed by atoms with van der Waals surface area (Å²) in [7, 11) is 1.67. The van der Waals surface area contributed by atoms with E-state index in [9.17, 15) is 4.79 Å². The van der Waals surface area contributed by atoms with Crippen LogP contribution >= 0.6 is 0 Å². The van der Waals surface area contributed by atoms with Gasteiger partial charge >= 0.3 is 0 Å². The Hall–Kier alpha value is -4.07. The summed E-state index contributed by atoms with van der Waals surface area (Å²) >= 11 is 0. The predicted molar refractivity (Wildman–Crippen MR) is 159 cm³/mol. The molecular weight excluding hydrogens is 500 g/mol. The van der Waals surface area contributed by atoms with Crippen LogP contribution in [0.2, 0.25) is 0 Å². The normalized spacial score (nSPS) is 20.7. The number of benzene rings is 2. The molecule has 2 aromatic carbocycles. The van der Waals surface area contributed by atoms with E-state index in [-0.39, 0.29) is 5.91 Å². The lowest BCUT2D eigenvalue weighted by molar-refractivity contribution is 0.0389. The van der Waals surface area contributed by atoms with Gasteiger partial charge in [-0.15, -0.1) is 0 Å². The van der Waals surface area contributed by atoms with Crippen LogP contribution in [0.15, 0.2) is 72.2 Å². The van der Waals surface area contributed by atoms with Gasteiger partial charge in [-0.05, 0) is 87.3 Å². The molecule has 3 heterocycles. The Morgan fingerprint density at radius 2 is 1.88 bits per heavy atom. The molecule has 0 saturated carbocycles. The highest BCUT2D eigenvalue weighted by atomic mass is 16.5. The second-order valence-corrected chi connectivity index (χ2v) is 10.9. The number of nitrogens with zero attached hydrogens (tertiary/aromatic N) is 5. The van der Waals surface area contributed by atoms with Gasteiger partial charge in [0, 0.05) is 37.4 Å². The van der Waals surface area contributed by atoms with Crippen molar-refractivity contribution in [3.8, 4) is 11.4 Å². The topological polar surface area (TPSA) is 89.0 Å². The number of methoxy groups -OCH3 is 1. The lowest BCUT2D eigenvalue weighted by atomic mass is 9.76. The van der Waals surface area contributed by atoms with Gasteiger partial charge in [0.15, 0.2) is 0 Å². The van der Waals surface area contributed by atoms with Crippen molar-refractivity contribution in [1.29, 1.82) is 0 Å². The quantitative estimate of drug-likeness (QED) is 0.332. The molecule has 2 N–H and O–H groups in total. The van der Waals surface area contributed by atoms with Gasteiger partial charge in [0.1, 0.15) is 11.6 Å². The molecule has 2 fully saturated rings. The second-order valence-electron chi connectivity index (χ2n) is 10.9. The summed E-state index contributed by atoms with van der Waals surface area (Å²) in [5.41, 5.74) is 10.0. The number of hydrogen-bond donors (Lipinski definition) is 1. The van der Waals surface area contributed by atoms with Crippen LogP contribution in [-0.4, -0.2) is 64.0 Å². The van der Waals surface area contributed by atoms with E-state index in [1.165, 1.54) is 6.42 Å². The molecule has 0 radical (unpaired) electrons. The summed E-state index contributed by atoms with van der Waals surface area (Å²) < 4.78 is 7.58. The summed E-state index contributed by atoms with van der Waals surface area (Å²) in [5, 5.41) is 6.97. The Balaban J connectivity index is 1.19. The van der Waals surface area contributed by atoms with Crippen LogP contribution < -0.4 is 10.5 Å². The number of rotatable bonds is 7. The molecule has 210 valence electrons. The van der Waals surface area contributed by atoms with Gasteiger partial charge in [-0.1, -0.05) is 30.3 Å². The highest BCUT2D eigenvalue weighted by Gasteiger charge is 2.36. The lowest BCUT2D eigenvalue weighted by Gasteiger charge is -2.44. The monoisotopic (exact) mass is 540 g/mol. The van der Waals surface area contributed by atoms with E-state index < -0.39 is 0 Å². The fourth-order valence-corrected chi connectivity index (χ4v) is 6.15. The van der Waals surface area contributed by atoms with Crippen molar-refractivity contribution >= 4 is 17.8 Å². The molecule has 1 unspecified atom stereocenters. The molecule has 5 rings (SSSR count). The van der Waals surface area contributed by atoms with E-state index >= 15 is 0 Å². The highest BCUT2D eigenvalue weighted by Crippen LogP contribution is 2.36. The fraction of sp³-hybridized carbons (Fsp3) is 0.406. The molecule has 0 bridgehead atoms. The standard InChI is InChI=1S/C32H40N6O2/c1-23-21-37(22-34-23)29-13-11-25(20-30(29)40-3)12-14-31(33)35-38-17-7-10-28(24(38)2)26-15-18-36(19-16-26)32(39)27-8-5-4-6-9-27/h4-6,8-9,11-14,20-22,24,26,28H,7,10,15-19H2,1-3H3,(H2,33,35)/b14-12+/t24?,28-/m0/s1. The first-order chi connectivity index (χ1) is 19.4. The van der Waals surface area contributed by atoms with Crippen LogP contribution in [-0.2, 0) is 0 Å². The third kappa shape index (κ3) is 6.22. The lowest BCUT2D eigenvalue weighted by Crippen LogP contribution is -2.47. The number of carbonyl (C=O) groups excluding carboxylic acids is 1. The first-order valence-electron chi connectivity index (χ1n) is 14.2. The molecule has 0 spiro atoms. The van der Waals surface area contributed by atoms with Gasteiger partial charge in [-0.3, -0.25) is 9.80 Å². The van der Waals surface area contributed by atoms with E-state index in [2.05, 4.69) is 16.9 Å². The van der Waals surface area contributed by atoms with Gasteiger partial charge in [0.05, 0.1) is 24.8 Å². The number of hydrazone groups is 1. The molecule has 2 aliphatic rings. The Labute approximate surface area is 237 Å². The molecule has 40 heavy (non-hydrogen) atoms. The maximum atomic E-state index is 12.9. The zero-order chi connectivity index (χ0) is 28.1. The maximum Gasteiger partial charge on any atom is 0.253 e. The van der Waals surface area contributed by atoms with Crippen LogP contribution in [0.1, 0.15) is 54.2 Å². The number of hydrogen-bond acceptors (Lipinski definition) is 5. The van der Waals surface area contributed by atoms with E-state index in [1.54, 1.807) is 13.4 Å². The van der Waals surface area contributed by atoms with Crippen LogP contribution in [0.4, 0.5) is 0 Å². The van der Waals surface area contributed by atoms with Crippen molar-refractivity contribution in [2.24, 2.45) is 22.7 Å². The minimum absolute atomic E-state index is 0.144. The molecular formula is C32H40N6O2. The number of amides is 1. The van der Waals surface area contributed by atoms with E-state index in [1.807, 2.05) is 83.3 Å². The number of likely N-dealkylation sites (tertiary alicyclic amines) is 1. The fourth-order valence-electron chi connectivity index (χ4n) is 6.15. The van der Waals surface area contributed by atoms with Crippen LogP contribution in [0, 0.1) is 18.8 Å². The van der Waals surface area contributed by atoms with Crippen molar-refractivity contribution in [3.63, 3.8) is 0 Å². The van der Waals surface area contributed by atoms with Crippen molar-refractivity contribution in [2.45, 2.75) is 45.6 Å². The van der Waals surface area contributed by atoms with Crippen LogP contribution in [0.5, 0.6) is 5.75 Å². The zero-order valence-electron chi connectivity index (χ0n) is 23.7. The van der Waals surface area contributed by atoms with E-state index in [0.717, 1.165) is 67.2 Å². The molecule has 8 heteroatoms. The SMILES string of the molecule is COc1cc(/C=C/C(N)=N/N2CCC[C@H](C3CCN(C(=O)c4ccccc4)CC3)C2C)ccc1-n1cnc(C)c1. The summed E-state index contributed by atoms with van der Waals surface area (Å²) in [6.45, 7) is 6.78. The average Bonchev–Trinajstić information content (AvgIpc) is 3.43. The van der Waals surface area contributed by atoms with Crippen molar-refractivity contribution < 1.29 is 9.53 Å². The highest BCUT2D eigenvalue weighted by molar-refractivity contribution is 5.95. The molecule has 2 atom stereocenters. The Kier molecular flexibility index (Phi) is 8.53. The Morgan fingerprint density at radius 3 is 2.58 bits per heavy atom. The zero-order valence-corrected chi connectivity index (χ0v) is 23.7. The number of imidazole rings is 1. The van der Waals surface area contributed by atoms with Gasteiger partial charge in [0.2, 0.25) is 0 Å². The smallest absolute Gasteiger partial charge is 0.253 e. The average molecular weight is 541 g/mol. The summed E-state index contributed by atoms with van der Waals surface area (Å²) in [4.78, 5) is 19.2. The number of nitrogens with two attached hydrogens (primary N) is 1. The summed E-state index contributed by atoms with van der Waals surface area (Å²) in [6, 6.07) is 16.0. The Bertz CT molecular complexity index is 1360. The number of aryl methyl sites for hydroxylation is 1. The van der Waals surface area contributed by atoms with Crippen LogP contribution in [0.25, 0.3) is 11.8 Å². The van der Waals surface area contributed by atoms with Gasteiger partial charge in [-0.2, -0.15) is 5.10 Å². The molecule has 1 aromatic heterocycles. The molecule has 8 nitrogen and oxygen atoms in total. The molecule has 3 aromatic rings. The number of carbonyl (C=O) groups is 1. The summed E-state index contributed by atoms with van der Waals surface area (Å²) in [5.74, 6) is 2.54. The Morgan fingerprint density at radius 1 is 1.10 bits per heavy atom. The minimum Gasteiger partial charge on any atom is -0.495 e. The van der Waals surface area contributed by atoms with Gasteiger partial charge in [0.25, 0.3) is 5.91 Å². The molecule has 2 saturated heterocycles. The summed E-state index contributed by atoms with van der Waals surface area (Å²) in [6.07, 6.45) is 12.0. The first kappa shape index (κ1) is 27.5. The third-order valence-corrected chi connectivity index (χ3v) is 8.35. The molecule has 0 aliphatic carbocycles. The van der Waals surface area contributed by atoms with Crippen molar-refractivity contribution in [2.75, 3.05) is 26.7 Å². The maximum absolute atomic E-state index is 12.9. The second kappa shape index (κ2) is 12.4. The number of piperidine rings is 2. The van der Waals surface area contributed by atoms with Crippen molar-refractivity contribution in [3.05, 3.63) is 84.0 Å².